The van der Waals surface area contributed by atoms with E-state index in [4.69, 9.17) is 5.73 Å². The first kappa shape index (κ1) is 13.7. The Morgan fingerprint density at radius 3 is 2.71 bits per heavy atom. The van der Waals surface area contributed by atoms with E-state index in [1.54, 1.807) is 6.07 Å². The number of nitrogen functional groups attached to an aromatic ring is 1. The molecule has 3 rings (SSSR count). The second kappa shape index (κ2) is 5.60. The lowest BCUT2D eigenvalue weighted by atomic mass is 10.0. The van der Waals surface area contributed by atoms with E-state index < -0.39 is 0 Å². The number of nitrogens with zero attached hydrogens (tertiary/aromatic N) is 1. The van der Waals surface area contributed by atoms with Crippen LogP contribution in [-0.2, 0) is 0 Å². The van der Waals surface area contributed by atoms with Gasteiger partial charge in [0.2, 0.25) is 0 Å². The minimum atomic E-state index is 0.0890. The summed E-state index contributed by atoms with van der Waals surface area (Å²) in [6.07, 6.45) is 2.07. The fourth-order valence-corrected chi connectivity index (χ4v) is 3.06. The number of nitrogens with two attached hydrogens (primary N) is 1. The van der Waals surface area contributed by atoms with Gasteiger partial charge >= 0.3 is 0 Å². The molecule has 1 atom stereocenters. The van der Waals surface area contributed by atoms with Crippen molar-refractivity contribution in [3.8, 4) is 0 Å². The van der Waals surface area contributed by atoms with Gasteiger partial charge in [-0.2, -0.15) is 0 Å². The number of aryl methyl sites for hydroxylation is 1. The maximum Gasteiger partial charge on any atom is 0.254 e. The lowest BCUT2D eigenvalue weighted by Gasteiger charge is -2.26. The van der Waals surface area contributed by atoms with E-state index in [-0.39, 0.29) is 11.9 Å². The number of carbonyl (C=O) groups excluding carboxylic acids is 1. The van der Waals surface area contributed by atoms with Gasteiger partial charge in [-0.1, -0.05) is 36.4 Å². The summed E-state index contributed by atoms with van der Waals surface area (Å²) in [5.41, 5.74) is 9.39. The third-order valence-electron chi connectivity index (χ3n) is 4.19. The molecule has 1 heterocycles. The molecule has 3 heteroatoms. The first-order valence-corrected chi connectivity index (χ1v) is 7.39. The smallest absolute Gasteiger partial charge is 0.254 e. The minimum Gasteiger partial charge on any atom is -0.399 e. The molecule has 3 nitrogen and oxygen atoms in total. The van der Waals surface area contributed by atoms with Gasteiger partial charge in [-0.3, -0.25) is 4.79 Å². The summed E-state index contributed by atoms with van der Waals surface area (Å²) in [7, 11) is 0. The van der Waals surface area contributed by atoms with Crippen LogP contribution in [-0.4, -0.2) is 17.4 Å². The molecule has 2 N–H and O–H groups in total. The van der Waals surface area contributed by atoms with Gasteiger partial charge < -0.3 is 10.6 Å². The van der Waals surface area contributed by atoms with Gasteiger partial charge in [0.25, 0.3) is 5.91 Å². The Kier molecular flexibility index (Phi) is 3.65. The zero-order valence-electron chi connectivity index (χ0n) is 12.3. The molecule has 0 bridgehead atoms. The predicted octanol–water partition coefficient (Wildman–Crippen LogP) is 3.55. The molecule has 1 fully saturated rings. The van der Waals surface area contributed by atoms with Crippen molar-refractivity contribution in [2.45, 2.75) is 25.8 Å². The summed E-state index contributed by atoms with van der Waals surface area (Å²) in [5.74, 6) is 0.0890. The Labute approximate surface area is 125 Å². The summed E-state index contributed by atoms with van der Waals surface area (Å²) in [6, 6.07) is 16.0. The number of hydrogen-bond acceptors (Lipinski definition) is 2. The monoisotopic (exact) mass is 280 g/mol. The number of rotatable bonds is 2. The quantitative estimate of drug-likeness (QED) is 0.855. The normalized spacial score (nSPS) is 18.0. The van der Waals surface area contributed by atoms with E-state index in [0.29, 0.717) is 5.69 Å². The maximum atomic E-state index is 12.9. The first-order valence-electron chi connectivity index (χ1n) is 7.39. The van der Waals surface area contributed by atoms with E-state index in [2.05, 4.69) is 12.1 Å². The van der Waals surface area contributed by atoms with Crippen molar-refractivity contribution in [2.75, 3.05) is 12.3 Å². The van der Waals surface area contributed by atoms with Crippen molar-refractivity contribution in [1.29, 1.82) is 0 Å². The summed E-state index contributed by atoms with van der Waals surface area (Å²) >= 11 is 0. The first-order chi connectivity index (χ1) is 10.2. The molecule has 1 unspecified atom stereocenters. The Balaban J connectivity index is 1.92. The van der Waals surface area contributed by atoms with Gasteiger partial charge in [0.15, 0.2) is 0 Å². The van der Waals surface area contributed by atoms with E-state index in [0.717, 1.165) is 30.5 Å². The molecule has 2 aromatic rings. The lowest BCUT2D eigenvalue weighted by Crippen LogP contribution is -2.31. The lowest BCUT2D eigenvalue weighted by molar-refractivity contribution is 0.0735. The highest BCUT2D eigenvalue weighted by Crippen LogP contribution is 2.33. The summed E-state index contributed by atoms with van der Waals surface area (Å²) in [6.45, 7) is 2.77. The molecule has 0 aliphatic carbocycles. The second-order valence-corrected chi connectivity index (χ2v) is 5.64. The van der Waals surface area contributed by atoms with Crippen LogP contribution < -0.4 is 5.73 Å². The third-order valence-corrected chi connectivity index (χ3v) is 4.19. The summed E-state index contributed by atoms with van der Waals surface area (Å²) < 4.78 is 0. The van der Waals surface area contributed by atoms with Gasteiger partial charge in [-0.25, -0.2) is 0 Å². The van der Waals surface area contributed by atoms with E-state index in [1.807, 2.05) is 42.2 Å². The topological polar surface area (TPSA) is 46.3 Å². The van der Waals surface area contributed by atoms with Crippen molar-refractivity contribution >= 4 is 11.6 Å². The van der Waals surface area contributed by atoms with Gasteiger partial charge in [0.1, 0.15) is 0 Å². The third kappa shape index (κ3) is 2.64. The van der Waals surface area contributed by atoms with Gasteiger partial charge in [0.05, 0.1) is 6.04 Å². The molecule has 1 amide bonds. The fourth-order valence-electron chi connectivity index (χ4n) is 3.06. The Bertz CT molecular complexity index is 652. The van der Waals surface area contributed by atoms with Crippen LogP contribution in [0.1, 0.15) is 40.4 Å². The van der Waals surface area contributed by atoms with Gasteiger partial charge in [0, 0.05) is 17.8 Å². The molecular weight excluding hydrogens is 260 g/mol. The molecule has 1 aliphatic heterocycles. The SMILES string of the molecule is Cc1ccc(N)cc1C(=O)N1CCCC1c1ccccc1. The Hall–Kier alpha value is -2.29. The number of hydrogen-bond donors (Lipinski definition) is 1. The number of anilines is 1. The predicted molar refractivity (Wildman–Crippen MR) is 85.0 cm³/mol. The fraction of sp³-hybridized carbons (Fsp3) is 0.278. The highest BCUT2D eigenvalue weighted by Gasteiger charge is 2.31. The maximum absolute atomic E-state index is 12.9. The standard InChI is InChI=1S/C18H20N2O/c1-13-9-10-15(19)12-16(13)18(21)20-11-5-8-17(20)14-6-3-2-4-7-14/h2-4,6-7,9-10,12,17H,5,8,11,19H2,1H3. The molecule has 1 aliphatic rings. The number of carbonyl (C=O) groups is 1. The van der Waals surface area contributed by atoms with Crippen molar-refractivity contribution in [3.63, 3.8) is 0 Å². The highest BCUT2D eigenvalue weighted by atomic mass is 16.2. The average Bonchev–Trinajstić information content (AvgIpc) is 2.99. The van der Waals surface area contributed by atoms with Crippen molar-refractivity contribution < 1.29 is 4.79 Å². The minimum absolute atomic E-state index is 0.0890. The Morgan fingerprint density at radius 2 is 1.95 bits per heavy atom. The van der Waals surface area contributed by atoms with Crippen LogP contribution >= 0.6 is 0 Å². The zero-order chi connectivity index (χ0) is 14.8. The second-order valence-electron chi connectivity index (χ2n) is 5.64. The summed E-state index contributed by atoms with van der Waals surface area (Å²) in [5, 5.41) is 0. The average molecular weight is 280 g/mol. The number of likely N-dealkylation sites (tertiary alicyclic amines) is 1. The van der Waals surface area contributed by atoms with Crippen LogP contribution in [0.2, 0.25) is 0 Å². The van der Waals surface area contributed by atoms with Crippen molar-refractivity contribution in [1.82, 2.24) is 4.90 Å². The molecule has 1 saturated heterocycles. The molecule has 0 saturated carbocycles. The van der Waals surface area contributed by atoms with Crippen LogP contribution in [0, 0.1) is 6.92 Å². The molecule has 108 valence electrons. The van der Waals surface area contributed by atoms with E-state index in [9.17, 15) is 4.79 Å². The molecule has 0 aromatic heterocycles. The van der Waals surface area contributed by atoms with Crippen LogP contribution in [0.4, 0.5) is 5.69 Å². The van der Waals surface area contributed by atoms with Crippen molar-refractivity contribution in [2.24, 2.45) is 0 Å². The summed E-state index contributed by atoms with van der Waals surface area (Å²) in [4.78, 5) is 14.9. The van der Waals surface area contributed by atoms with Gasteiger partial charge in [-0.15, -0.1) is 0 Å². The largest absolute Gasteiger partial charge is 0.399 e. The van der Waals surface area contributed by atoms with Crippen LogP contribution in [0.5, 0.6) is 0 Å². The van der Waals surface area contributed by atoms with Crippen molar-refractivity contribution in [3.05, 3.63) is 65.2 Å². The molecule has 0 spiro atoms. The number of benzene rings is 2. The Morgan fingerprint density at radius 1 is 1.19 bits per heavy atom. The molecule has 21 heavy (non-hydrogen) atoms. The molecular formula is C18H20N2O. The van der Waals surface area contributed by atoms with Gasteiger partial charge in [-0.05, 0) is 43.0 Å². The van der Waals surface area contributed by atoms with Crippen LogP contribution in [0.25, 0.3) is 0 Å². The van der Waals surface area contributed by atoms with Crippen LogP contribution in [0.15, 0.2) is 48.5 Å². The van der Waals surface area contributed by atoms with E-state index >= 15 is 0 Å². The molecule has 2 aromatic carbocycles. The highest BCUT2D eigenvalue weighted by molar-refractivity contribution is 5.97. The number of amides is 1. The van der Waals surface area contributed by atoms with Crippen LogP contribution in [0.3, 0.4) is 0 Å². The van der Waals surface area contributed by atoms with E-state index in [1.165, 1.54) is 5.56 Å². The zero-order valence-corrected chi connectivity index (χ0v) is 12.3. The molecule has 0 radical (unpaired) electrons.